The molecular weight excluding hydrogens is 308 g/mol. The molecule has 0 bridgehead atoms. The smallest absolute Gasteiger partial charge is 0.260 e. The van der Waals surface area contributed by atoms with E-state index in [0.717, 1.165) is 19.5 Å². The number of amides is 1. The van der Waals surface area contributed by atoms with Gasteiger partial charge in [0, 0.05) is 38.2 Å². The topological polar surface area (TPSA) is 70.1 Å². The Morgan fingerprint density at radius 3 is 2.54 bits per heavy atom. The molecule has 132 valence electrons. The standard InChI is InChI=1S/C18H26N2O4/c1-2-17(22)15-4-6-16(7-5-15)24-14-18(23)20-9-3-8-19(10-11-20)12-13-21/h4-7,21H,2-3,8-14H2,1H3. The zero-order chi connectivity index (χ0) is 17.4. The van der Waals surface area contributed by atoms with E-state index in [1.165, 1.54) is 0 Å². The number of Topliss-reactive ketones (excluding diaryl/α,β-unsaturated/α-hetero) is 1. The van der Waals surface area contributed by atoms with E-state index in [1.54, 1.807) is 24.3 Å². The normalized spacial score (nSPS) is 15.8. The Morgan fingerprint density at radius 2 is 1.88 bits per heavy atom. The molecule has 1 saturated heterocycles. The lowest BCUT2D eigenvalue weighted by Crippen LogP contribution is -2.38. The van der Waals surface area contributed by atoms with Gasteiger partial charge in [-0.3, -0.25) is 14.5 Å². The molecule has 0 aliphatic carbocycles. The molecule has 1 fully saturated rings. The van der Waals surface area contributed by atoms with E-state index in [4.69, 9.17) is 9.84 Å². The fraction of sp³-hybridized carbons (Fsp3) is 0.556. The van der Waals surface area contributed by atoms with Crippen molar-refractivity contribution in [2.24, 2.45) is 0 Å². The highest BCUT2D eigenvalue weighted by Crippen LogP contribution is 2.14. The van der Waals surface area contributed by atoms with Crippen molar-refractivity contribution in [2.75, 3.05) is 45.9 Å². The van der Waals surface area contributed by atoms with Gasteiger partial charge in [-0.25, -0.2) is 0 Å². The molecule has 2 rings (SSSR count). The molecule has 24 heavy (non-hydrogen) atoms. The number of carbonyl (C=O) groups is 2. The quantitative estimate of drug-likeness (QED) is 0.759. The van der Waals surface area contributed by atoms with Crippen LogP contribution in [0.1, 0.15) is 30.1 Å². The van der Waals surface area contributed by atoms with Crippen LogP contribution in [0.15, 0.2) is 24.3 Å². The average Bonchev–Trinajstić information content (AvgIpc) is 2.85. The van der Waals surface area contributed by atoms with Crippen molar-refractivity contribution in [2.45, 2.75) is 19.8 Å². The van der Waals surface area contributed by atoms with Gasteiger partial charge in [-0.1, -0.05) is 6.92 Å². The van der Waals surface area contributed by atoms with Crippen molar-refractivity contribution in [1.29, 1.82) is 0 Å². The number of nitrogens with zero attached hydrogens (tertiary/aromatic N) is 2. The zero-order valence-corrected chi connectivity index (χ0v) is 14.2. The number of aliphatic hydroxyl groups excluding tert-OH is 1. The van der Waals surface area contributed by atoms with E-state index in [2.05, 4.69) is 4.90 Å². The molecule has 0 spiro atoms. The second kappa shape index (κ2) is 9.39. The van der Waals surface area contributed by atoms with Gasteiger partial charge in [-0.2, -0.15) is 0 Å². The molecule has 1 heterocycles. The van der Waals surface area contributed by atoms with Gasteiger partial charge in [0.1, 0.15) is 5.75 Å². The minimum absolute atomic E-state index is 0.00106. The summed E-state index contributed by atoms with van der Waals surface area (Å²) in [4.78, 5) is 27.8. The van der Waals surface area contributed by atoms with E-state index in [1.807, 2.05) is 11.8 Å². The van der Waals surface area contributed by atoms with Crippen LogP contribution in [0.5, 0.6) is 5.75 Å². The molecule has 1 N–H and O–H groups in total. The number of β-amino-alcohol motifs (C(OH)–C–C–N with tert-alkyl or cyclic N) is 1. The summed E-state index contributed by atoms with van der Waals surface area (Å²) in [5.74, 6) is 0.650. The van der Waals surface area contributed by atoms with Crippen molar-refractivity contribution >= 4 is 11.7 Å². The number of hydrogen-bond donors (Lipinski definition) is 1. The van der Waals surface area contributed by atoms with Crippen LogP contribution in [0, 0.1) is 0 Å². The molecule has 6 heteroatoms. The SMILES string of the molecule is CCC(=O)c1ccc(OCC(=O)N2CCCN(CCO)CC2)cc1. The van der Waals surface area contributed by atoms with Gasteiger partial charge in [-0.05, 0) is 37.2 Å². The monoisotopic (exact) mass is 334 g/mol. The van der Waals surface area contributed by atoms with Crippen LogP contribution in [0.2, 0.25) is 0 Å². The molecule has 0 aromatic heterocycles. The Morgan fingerprint density at radius 1 is 1.12 bits per heavy atom. The van der Waals surface area contributed by atoms with Crippen molar-refractivity contribution in [3.05, 3.63) is 29.8 Å². The Kier molecular flexibility index (Phi) is 7.21. The maximum absolute atomic E-state index is 12.3. The third-order valence-corrected chi connectivity index (χ3v) is 4.22. The van der Waals surface area contributed by atoms with Crippen LogP contribution in [-0.2, 0) is 4.79 Å². The number of aliphatic hydroxyl groups is 1. The number of hydrogen-bond acceptors (Lipinski definition) is 5. The number of benzene rings is 1. The van der Waals surface area contributed by atoms with E-state index < -0.39 is 0 Å². The van der Waals surface area contributed by atoms with Crippen molar-refractivity contribution in [3.8, 4) is 5.75 Å². The van der Waals surface area contributed by atoms with E-state index in [0.29, 0.717) is 37.4 Å². The first-order valence-corrected chi connectivity index (χ1v) is 8.51. The lowest BCUT2D eigenvalue weighted by atomic mass is 10.1. The summed E-state index contributed by atoms with van der Waals surface area (Å²) in [6.45, 7) is 5.68. The Bertz CT molecular complexity index is 544. The summed E-state index contributed by atoms with van der Waals surface area (Å²) in [7, 11) is 0. The fourth-order valence-electron chi connectivity index (χ4n) is 2.76. The second-order valence-corrected chi connectivity index (χ2v) is 5.89. The largest absolute Gasteiger partial charge is 0.484 e. The molecule has 1 aliphatic rings. The minimum Gasteiger partial charge on any atom is -0.484 e. The highest BCUT2D eigenvalue weighted by molar-refractivity contribution is 5.95. The predicted octanol–water partition coefficient (Wildman–Crippen LogP) is 1.18. The van der Waals surface area contributed by atoms with Gasteiger partial charge in [-0.15, -0.1) is 0 Å². The lowest BCUT2D eigenvalue weighted by Gasteiger charge is -2.21. The van der Waals surface area contributed by atoms with Gasteiger partial charge >= 0.3 is 0 Å². The van der Waals surface area contributed by atoms with Crippen molar-refractivity contribution in [3.63, 3.8) is 0 Å². The number of ketones is 1. The van der Waals surface area contributed by atoms with E-state index in [9.17, 15) is 9.59 Å². The van der Waals surface area contributed by atoms with Gasteiger partial charge in [0.15, 0.2) is 12.4 Å². The maximum atomic E-state index is 12.3. The molecule has 0 unspecified atom stereocenters. The molecule has 1 aromatic carbocycles. The van der Waals surface area contributed by atoms with Gasteiger partial charge in [0.05, 0.1) is 6.61 Å². The number of carbonyl (C=O) groups excluding carboxylic acids is 2. The first-order chi connectivity index (χ1) is 11.6. The summed E-state index contributed by atoms with van der Waals surface area (Å²) >= 11 is 0. The van der Waals surface area contributed by atoms with Crippen LogP contribution in [0.4, 0.5) is 0 Å². The zero-order valence-electron chi connectivity index (χ0n) is 14.2. The predicted molar refractivity (Wildman–Crippen MR) is 91.3 cm³/mol. The number of rotatable bonds is 7. The Hall–Kier alpha value is -1.92. The van der Waals surface area contributed by atoms with Gasteiger partial charge < -0.3 is 14.7 Å². The van der Waals surface area contributed by atoms with Crippen LogP contribution in [-0.4, -0.2) is 72.5 Å². The third kappa shape index (κ3) is 5.32. The molecule has 0 saturated carbocycles. The maximum Gasteiger partial charge on any atom is 0.260 e. The van der Waals surface area contributed by atoms with Gasteiger partial charge in [0.25, 0.3) is 5.91 Å². The average molecular weight is 334 g/mol. The summed E-state index contributed by atoms with van der Waals surface area (Å²) in [6.07, 6.45) is 1.38. The third-order valence-electron chi connectivity index (χ3n) is 4.22. The summed E-state index contributed by atoms with van der Waals surface area (Å²) in [6, 6.07) is 6.90. The molecule has 0 radical (unpaired) electrons. The van der Waals surface area contributed by atoms with E-state index >= 15 is 0 Å². The molecular formula is C18H26N2O4. The van der Waals surface area contributed by atoms with Gasteiger partial charge in [0.2, 0.25) is 0 Å². The fourth-order valence-corrected chi connectivity index (χ4v) is 2.76. The Labute approximate surface area is 143 Å². The van der Waals surface area contributed by atoms with Crippen LogP contribution >= 0.6 is 0 Å². The second-order valence-electron chi connectivity index (χ2n) is 5.89. The highest BCUT2D eigenvalue weighted by atomic mass is 16.5. The molecule has 0 atom stereocenters. The van der Waals surface area contributed by atoms with Crippen LogP contribution in [0.3, 0.4) is 0 Å². The molecule has 1 amide bonds. The van der Waals surface area contributed by atoms with E-state index in [-0.39, 0.29) is 24.9 Å². The first kappa shape index (κ1) is 18.4. The lowest BCUT2D eigenvalue weighted by molar-refractivity contribution is -0.133. The minimum atomic E-state index is -0.0328. The van der Waals surface area contributed by atoms with Crippen LogP contribution < -0.4 is 4.74 Å². The Balaban J connectivity index is 1.81. The number of ether oxygens (including phenoxy) is 1. The molecule has 6 nitrogen and oxygen atoms in total. The molecule has 1 aromatic rings. The first-order valence-electron chi connectivity index (χ1n) is 8.51. The van der Waals surface area contributed by atoms with Crippen molar-refractivity contribution in [1.82, 2.24) is 9.80 Å². The summed E-state index contributed by atoms with van der Waals surface area (Å²) in [5.41, 5.74) is 0.660. The van der Waals surface area contributed by atoms with Crippen molar-refractivity contribution < 1.29 is 19.4 Å². The molecule has 1 aliphatic heterocycles. The summed E-state index contributed by atoms with van der Waals surface area (Å²) in [5, 5.41) is 9.00. The summed E-state index contributed by atoms with van der Waals surface area (Å²) < 4.78 is 5.55. The highest BCUT2D eigenvalue weighted by Gasteiger charge is 2.19. The van der Waals surface area contributed by atoms with Crippen LogP contribution in [0.25, 0.3) is 0 Å².